The number of hydrogen-bond acceptors (Lipinski definition) is 2. The maximum atomic E-state index is 12.7. The van der Waals surface area contributed by atoms with Crippen LogP contribution in [0.5, 0.6) is 0 Å². The molecule has 2 N–H and O–H groups in total. The number of rotatable bonds is 1. The highest BCUT2D eigenvalue weighted by Gasteiger charge is 2.14. The molecule has 1 aliphatic rings. The third-order valence-electron chi connectivity index (χ3n) is 2.36. The van der Waals surface area contributed by atoms with E-state index in [0.29, 0.717) is 6.54 Å². The standard InChI is InChI=1S/C11H11FN2/c1-7-10(13)6-14-11(7)8-2-4-9(12)5-3-8/h2-5H,6,13H2,1H3. The van der Waals surface area contributed by atoms with Crippen LogP contribution in [0, 0.1) is 5.82 Å². The van der Waals surface area contributed by atoms with Crippen LogP contribution in [0.1, 0.15) is 12.5 Å². The predicted octanol–water partition coefficient (Wildman–Crippen LogP) is 1.86. The predicted molar refractivity (Wildman–Crippen MR) is 54.7 cm³/mol. The highest BCUT2D eigenvalue weighted by molar-refractivity contribution is 6.14. The molecular formula is C11H11FN2. The molecule has 1 heterocycles. The monoisotopic (exact) mass is 190 g/mol. The van der Waals surface area contributed by atoms with Crippen LogP contribution in [0.15, 0.2) is 40.5 Å². The molecule has 3 heteroatoms. The van der Waals surface area contributed by atoms with E-state index in [9.17, 15) is 4.39 Å². The maximum Gasteiger partial charge on any atom is 0.123 e. The largest absolute Gasteiger partial charge is 0.400 e. The van der Waals surface area contributed by atoms with Gasteiger partial charge in [0.1, 0.15) is 5.82 Å². The van der Waals surface area contributed by atoms with Crippen molar-refractivity contribution < 1.29 is 4.39 Å². The molecule has 0 saturated carbocycles. The summed E-state index contributed by atoms with van der Waals surface area (Å²) >= 11 is 0. The first-order valence-electron chi connectivity index (χ1n) is 4.44. The minimum Gasteiger partial charge on any atom is -0.400 e. The van der Waals surface area contributed by atoms with Crippen molar-refractivity contribution in [3.63, 3.8) is 0 Å². The van der Waals surface area contributed by atoms with Crippen LogP contribution < -0.4 is 5.73 Å². The normalized spacial score (nSPS) is 16.0. The van der Waals surface area contributed by atoms with Crippen LogP contribution in [0.3, 0.4) is 0 Å². The number of halogens is 1. The Morgan fingerprint density at radius 3 is 2.43 bits per heavy atom. The van der Waals surface area contributed by atoms with E-state index in [-0.39, 0.29) is 5.82 Å². The van der Waals surface area contributed by atoms with Gasteiger partial charge in [-0.2, -0.15) is 0 Å². The van der Waals surface area contributed by atoms with Crippen molar-refractivity contribution in [1.82, 2.24) is 0 Å². The summed E-state index contributed by atoms with van der Waals surface area (Å²) in [5.41, 5.74) is 9.32. The van der Waals surface area contributed by atoms with Gasteiger partial charge in [0, 0.05) is 11.3 Å². The smallest absolute Gasteiger partial charge is 0.123 e. The lowest BCUT2D eigenvalue weighted by Crippen LogP contribution is -2.03. The Bertz CT molecular complexity index is 415. The Morgan fingerprint density at radius 1 is 1.29 bits per heavy atom. The van der Waals surface area contributed by atoms with Gasteiger partial charge in [0.05, 0.1) is 12.3 Å². The fourth-order valence-corrected chi connectivity index (χ4v) is 1.47. The van der Waals surface area contributed by atoms with E-state index in [1.165, 1.54) is 12.1 Å². The molecular weight excluding hydrogens is 179 g/mol. The van der Waals surface area contributed by atoms with E-state index in [1.54, 1.807) is 12.1 Å². The zero-order valence-electron chi connectivity index (χ0n) is 7.92. The SMILES string of the molecule is CC1=C(N)CN=C1c1ccc(F)cc1. The number of allylic oxidation sites excluding steroid dienone is 1. The van der Waals surface area contributed by atoms with Crippen LogP contribution in [0.2, 0.25) is 0 Å². The van der Waals surface area contributed by atoms with Gasteiger partial charge in [-0.3, -0.25) is 4.99 Å². The first kappa shape index (κ1) is 8.94. The lowest BCUT2D eigenvalue weighted by Gasteiger charge is -2.02. The van der Waals surface area contributed by atoms with Gasteiger partial charge in [0.2, 0.25) is 0 Å². The highest BCUT2D eigenvalue weighted by atomic mass is 19.1. The summed E-state index contributed by atoms with van der Waals surface area (Å²) in [4.78, 5) is 4.29. The quantitative estimate of drug-likeness (QED) is 0.721. The Hall–Kier alpha value is -1.64. The number of benzene rings is 1. The van der Waals surface area contributed by atoms with E-state index in [4.69, 9.17) is 5.73 Å². The van der Waals surface area contributed by atoms with Crippen molar-refractivity contribution in [2.45, 2.75) is 6.92 Å². The molecule has 0 atom stereocenters. The Balaban J connectivity index is 2.38. The van der Waals surface area contributed by atoms with Gasteiger partial charge in [-0.1, -0.05) is 0 Å². The van der Waals surface area contributed by atoms with Gasteiger partial charge in [0.15, 0.2) is 0 Å². The summed E-state index contributed by atoms with van der Waals surface area (Å²) in [5.74, 6) is -0.234. The minimum absolute atomic E-state index is 0.234. The molecule has 2 rings (SSSR count). The van der Waals surface area contributed by atoms with Crippen LogP contribution in [-0.2, 0) is 0 Å². The summed E-state index contributed by atoms with van der Waals surface area (Å²) in [7, 11) is 0. The lowest BCUT2D eigenvalue weighted by atomic mass is 10.0. The third-order valence-corrected chi connectivity index (χ3v) is 2.36. The number of aliphatic imine (C=N–C) groups is 1. The molecule has 0 fully saturated rings. The average Bonchev–Trinajstić information content (AvgIpc) is 2.50. The average molecular weight is 190 g/mol. The van der Waals surface area contributed by atoms with Gasteiger partial charge in [-0.05, 0) is 36.8 Å². The van der Waals surface area contributed by atoms with Gasteiger partial charge >= 0.3 is 0 Å². The minimum atomic E-state index is -0.234. The molecule has 1 aromatic rings. The van der Waals surface area contributed by atoms with Crippen molar-refractivity contribution in [2.75, 3.05) is 6.54 Å². The van der Waals surface area contributed by atoms with Gasteiger partial charge in [0.25, 0.3) is 0 Å². The molecule has 0 amide bonds. The van der Waals surface area contributed by atoms with Crippen molar-refractivity contribution in [1.29, 1.82) is 0 Å². The van der Waals surface area contributed by atoms with Crippen LogP contribution >= 0.6 is 0 Å². The van der Waals surface area contributed by atoms with Crippen LogP contribution in [0.25, 0.3) is 0 Å². The zero-order valence-corrected chi connectivity index (χ0v) is 7.92. The molecule has 0 saturated heterocycles. The molecule has 0 bridgehead atoms. The maximum absolute atomic E-state index is 12.7. The topological polar surface area (TPSA) is 38.4 Å². The van der Waals surface area contributed by atoms with E-state index >= 15 is 0 Å². The van der Waals surface area contributed by atoms with E-state index in [2.05, 4.69) is 4.99 Å². The second-order valence-corrected chi connectivity index (χ2v) is 3.32. The molecule has 0 radical (unpaired) electrons. The number of nitrogens with zero attached hydrogens (tertiary/aromatic N) is 1. The summed E-state index contributed by atoms with van der Waals surface area (Å²) in [6, 6.07) is 6.30. The lowest BCUT2D eigenvalue weighted by molar-refractivity contribution is 0.628. The molecule has 1 aromatic carbocycles. The van der Waals surface area contributed by atoms with Crippen LogP contribution in [-0.4, -0.2) is 12.3 Å². The van der Waals surface area contributed by atoms with Gasteiger partial charge in [-0.25, -0.2) is 4.39 Å². The molecule has 0 unspecified atom stereocenters. The van der Waals surface area contributed by atoms with Gasteiger partial charge in [-0.15, -0.1) is 0 Å². The fourth-order valence-electron chi connectivity index (χ4n) is 1.47. The Morgan fingerprint density at radius 2 is 1.93 bits per heavy atom. The Labute approximate surface area is 82.0 Å². The molecule has 72 valence electrons. The summed E-state index contributed by atoms with van der Waals surface area (Å²) in [6.07, 6.45) is 0. The van der Waals surface area contributed by atoms with Crippen molar-refractivity contribution in [3.8, 4) is 0 Å². The number of hydrogen-bond donors (Lipinski definition) is 1. The second kappa shape index (κ2) is 3.25. The zero-order chi connectivity index (χ0) is 10.1. The number of nitrogens with two attached hydrogens (primary N) is 1. The second-order valence-electron chi connectivity index (χ2n) is 3.32. The first-order chi connectivity index (χ1) is 6.68. The molecule has 14 heavy (non-hydrogen) atoms. The molecule has 1 aliphatic heterocycles. The summed E-state index contributed by atoms with van der Waals surface area (Å²) < 4.78 is 12.7. The molecule has 0 spiro atoms. The van der Waals surface area contributed by atoms with Crippen molar-refractivity contribution in [3.05, 3.63) is 46.9 Å². The first-order valence-corrected chi connectivity index (χ1v) is 4.44. The Kier molecular flexibility index (Phi) is 2.08. The van der Waals surface area contributed by atoms with Crippen LogP contribution in [0.4, 0.5) is 4.39 Å². The summed E-state index contributed by atoms with van der Waals surface area (Å²) in [6.45, 7) is 2.49. The van der Waals surface area contributed by atoms with Crippen molar-refractivity contribution in [2.24, 2.45) is 10.7 Å². The van der Waals surface area contributed by atoms with Crippen molar-refractivity contribution >= 4 is 5.71 Å². The third kappa shape index (κ3) is 1.41. The van der Waals surface area contributed by atoms with E-state index < -0.39 is 0 Å². The molecule has 2 nitrogen and oxygen atoms in total. The van der Waals surface area contributed by atoms with Gasteiger partial charge < -0.3 is 5.73 Å². The molecule has 0 aromatic heterocycles. The molecule has 0 aliphatic carbocycles. The fraction of sp³-hybridized carbons (Fsp3) is 0.182. The summed E-state index contributed by atoms with van der Waals surface area (Å²) in [5, 5.41) is 0. The van der Waals surface area contributed by atoms with E-state index in [1.807, 2.05) is 6.92 Å². The highest BCUT2D eigenvalue weighted by Crippen LogP contribution is 2.17. The van der Waals surface area contributed by atoms with E-state index in [0.717, 1.165) is 22.5 Å².